The molecule has 0 spiro atoms. The highest BCUT2D eigenvalue weighted by Gasteiger charge is 2.01. The highest BCUT2D eigenvalue weighted by Crippen LogP contribution is 2.09. The lowest BCUT2D eigenvalue weighted by Crippen LogP contribution is -2.20. The lowest BCUT2D eigenvalue weighted by atomic mass is 10.1. The van der Waals surface area contributed by atoms with Gasteiger partial charge in [-0.2, -0.15) is 0 Å². The van der Waals surface area contributed by atoms with Crippen molar-refractivity contribution in [3.8, 4) is 0 Å². The molecule has 15 heavy (non-hydrogen) atoms. The van der Waals surface area contributed by atoms with Crippen molar-refractivity contribution in [2.45, 2.75) is 26.8 Å². The number of nitrogens with zero attached hydrogens (tertiary/aromatic N) is 1. The largest absolute Gasteiger partial charge is 0.399 e. The van der Waals surface area contributed by atoms with Crippen LogP contribution >= 0.6 is 0 Å². The van der Waals surface area contributed by atoms with E-state index < -0.39 is 0 Å². The fourth-order valence-corrected chi connectivity index (χ4v) is 1.49. The molecule has 0 fully saturated rings. The fraction of sp³-hybridized carbons (Fsp3) is 0.538. The summed E-state index contributed by atoms with van der Waals surface area (Å²) < 4.78 is 0. The number of nitrogens with two attached hydrogens (primary N) is 1. The van der Waals surface area contributed by atoms with Gasteiger partial charge < -0.3 is 10.6 Å². The maximum Gasteiger partial charge on any atom is 0.0314 e. The van der Waals surface area contributed by atoms with Crippen molar-refractivity contribution in [1.82, 2.24) is 4.90 Å². The van der Waals surface area contributed by atoms with E-state index in [0.717, 1.165) is 24.7 Å². The van der Waals surface area contributed by atoms with Gasteiger partial charge in [0.25, 0.3) is 0 Å². The van der Waals surface area contributed by atoms with Gasteiger partial charge in [-0.25, -0.2) is 0 Å². The van der Waals surface area contributed by atoms with Crippen molar-refractivity contribution < 1.29 is 0 Å². The predicted molar refractivity (Wildman–Crippen MR) is 66.6 cm³/mol. The zero-order valence-corrected chi connectivity index (χ0v) is 10.0. The van der Waals surface area contributed by atoms with Gasteiger partial charge in [0.2, 0.25) is 0 Å². The van der Waals surface area contributed by atoms with Crippen molar-refractivity contribution in [3.05, 3.63) is 29.8 Å². The van der Waals surface area contributed by atoms with Gasteiger partial charge in [0.05, 0.1) is 0 Å². The molecule has 0 aromatic heterocycles. The molecule has 0 aliphatic heterocycles. The average molecular weight is 206 g/mol. The van der Waals surface area contributed by atoms with E-state index in [4.69, 9.17) is 5.73 Å². The summed E-state index contributed by atoms with van der Waals surface area (Å²) in [5.41, 5.74) is 7.81. The van der Waals surface area contributed by atoms with Gasteiger partial charge >= 0.3 is 0 Å². The standard InChI is InChI=1S/C13H22N2/c1-11(2)8-9-15(3)10-12-4-6-13(14)7-5-12/h4-7,11H,8-10,14H2,1-3H3. The molecule has 1 aromatic carbocycles. The number of nitrogen functional groups attached to an aromatic ring is 1. The maximum absolute atomic E-state index is 5.64. The van der Waals surface area contributed by atoms with Gasteiger partial charge in [-0.1, -0.05) is 26.0 Å². The second-order valence-electron chi connectivity index (χ2n) is 4.66. The minimum absolute atomic E-state index is 0.777. The van der Waals surface area contributed by atoms with Gasteiger partial charge in [0.15, 0.2) is 0 Å². The van der Waals surface area contributed by atoms with E-state index >= 15 is 0 Å². The SMILES string of the molecule is CC(C)CCN(C)Cc1ccc(N)cc1. The van der Waals surface area contributed by atoms with Crippen molar-refractivity contribution in [1.29, 1.82) is 0 Å². The molecule has 2 heteroatoms. The van der Waals surface area contributed by atoms with E-state index in [1.54, 1.807) is 0 Å². The van der Waals surface area contributed by atoms with Crippen molar-refractivity contribution in [3.63, 3.8) is 0 Å². The molecule has 0 atom stereocenters. The van der Waals surface area contributed by atoms with E-state index in [2.05, 4.69) is 37.9 Å². The fourth-order valence-electron chi connectivity index (χ4n) is 1.49. The first-order chi connectivity index (χ1) is 7.08. The van der Waals surface area contributed by atoms with E-state index in [0.29, 0.717) is 0 Å². The predicted octanol–water partition coefficient (Wildman–Crippen LogP) is 2.75. The quantitative estimate of drug-likeness (QED) is 0.751. The second kappa shape index (κ2) is 5.76. The molecule has 2 N–H and O–H groups in total. The van der Waals surface area contributed by atoms with Crippen LogP contribution < -0.4 is 5.73 Å². The second-order valence-corrected chi connectivity index (χ2v) is 4.66. The first kappa shape index (κ1) is 12.1. The first-order valence-corrected chi connectivity index (χ1v) is 5.61. The minimum Gasteiger partial charge on any atom is -0.399 e. The van der Waals surface area contributed by atoms with Gasteiger partial charge in [0.1, 0.15) is 0 Å². The van der Waals surface area contributed by atoms with Gasteiger partial charge in [-0.15, -0.1) is 0 Å². The molecule has 0 saturated heterocycles. The molecule has 0 unspecified atom stereocenters. The van der Waals surface area contributed by atoms with Crippen LogP contribution in [0.25, 0.3) is 0 Å². The van der Waals surface area contributed by atoms with Crippen LogP contribution in [0.15, 0.2) is 24.3 Å². The lowest BCUT2D eigenvalue weighted by molar-refractivity contribution is 0.303. The van der Waals surface area contributed by atoms with Crippen LogP contribution in [0.1, 0.15) is 25.8 Å². The van der Waals surface area contributed by atoms with Crippen LogP contribution in [0.5, 0.6) is 0 Å². The van der Waals surface area contributed by atoms with Crippen molar-refractivity contribution in [2.75, 3.05) is 19.3 Å². The third-order valence-corrected chi connectivity index (χ3v) is 2.52. The Morgan fingerprint density at radius 2 is 1.80 bits per heavy atom. The molecule has 0 amide bonds. The Kier molecular flexibility index (Phi) is 4.63. The first-order valence-electron chi connectivity index (χ1n) is 5.61. The van der Waals surface area contributed by atoms with E-state index in [1.807, 2.05) is 12.1 Å². The smallest absolute Gasteiger partial charge is 0.0314 e. The average Bonchev–Trinajstić information content (AvgIpc) is 2.19. The topological polar surface area (TPSA) is 29.3 Å². The summed E-state index contributed by atoms with van der Waals surface area (Å²) in [5, 5.41) is 0. The van der Waals surface area contributed by atoms with Crippen LogP contribution in [0.2, 0.25) is 0 Å². The molecule has 0 aliphatic rings. The monoisotopic (exact) mass is 206 g/mol. The van der Waals surface area contributed by atoms with Crippen LogP contribution in [-0.2, 0) is 6.54 Å². The molecule has 0 aliphatic carbocycles. The third kappa shape index (κ3) is 4.84. The van der Waals surface area contributed by atoms with Gasteiger partial charge in [0, 0.05) is 12.2 Å². The lowest BCUT2D eigenvalue weighted by Gasteiger charge is -2.17. The van der Waals surface area contributed by atoms with E-state index in [-0.39, 0.29) is 0 Å². The number of hydrogen-bond acceptors (Lipinski definition) is 2. The Bertz CT molecular complexity index is 277. The van der Waals surface area contributed by atoms with Crippen LogP contribution in [-0.4, -0.2) is 18.5 Å². The van der Waals surface area contributed by atoms with Crippen LogP contribution in [0, 0.1) is 5.92 Å². The summed E-state index contributed by atoms with van der Waals surface area (Å²) in [6.45, 7) is 6.68. The number of rotatable bonds is 5. The Hall–Kier alpha value is -1.02. The number of benzene rings is 1. The summed E-state index contributed by atoms with van der Waals surface area (Å²) in [4.78, 5) is 2.35. The number of anilines is 1. The van der Waals surface area contributed by atoms with Crippen molar-refractivity contribution in [2.24, 2.45) is 5.92 Å². The molecule has 2 nitrogen and oxygen atoms in total. The Morgan fingerprint density at radius 1 is 1.20 bits per heavy atom. The van der Waals surface area contributed by atoms with Gasteiger partial charge in [-0.05, 0) is 43.6 Å². The molecule has 1 rings (SSSR count). The highest BCUT2D eigenvalue weighted by atomic mass is 15.1. The third-order valence-electron chi connectivity index (χ3n) is 2.52. The molecule has 0 bridgehead atoms. The van der Waals surface area contributed by atoms with E-state index in [9.17, 15) is 0 Å². The van der Waals surface area contributed by atoms with Crippen LogP contribution in [0.4, 0.5) is 5.69 Å². The van der Waals surface area contributed by atoms with Crippen molar-refractivity contribution >= 4 is 5.69 Å². The molecular formula is C13H22N2. The number of hydrogen-bond donors (Lipinski definition) is 1. The van der Waals surface area contributed by atoms with Gasteiger partial charge in [-0.3, -0.25) is 0 Å². The summed E-state index contributed by atoms with van der Waals surface area (Å²) in [6.07, 6.45) is 1.26. The molecule has 0 saturated carbocycles. The molecule has 84 valence electrons. The van der Waals surface area contributed by atoms with Crippen LogP contribution in [0.3, 0.4) is 0 Å². The normalized spacial score (nSPS) is 11.3. The molecular weight excluding hydrogens is 184 g/mol. The summed E-state index contributed by atoms with van der Waals surface area (Å²) in [5.74, 6) is 0.777. The minimum atomic E-state index is 0.777. The Labute approximate surface area is 93.1 Å². The summed E-state index contributed by atoms with van der Waals surface area (Å²) in [7, 11) is 2.17. The summed E-state index contributed by atoms with van der Waals surface area (Å²) in [6, 6.07) is 8.12. The van der Waals surface area contributed by atoms with E-state index in [1.165, 1.54) is 12.0 Å². The Morgan fingerprint density at radius 3 is 2.33 bits per heavy atom. The highest BCUT2D eigenvalue weighted by molar-refractivity contribution is 5.39. The molecule has 1 aromatic rings. The Balaban J connectivity index is 2.37. The molecule has 0 heterocycles. The molecule has 0 radical (unpaired) electrons. The zero-order chi connectivity index (χ0) is 11.3. The maximum atomic E-state index is 5.64. The zero-order valence-electron chi connectivity index (χ0n) is 10.0. The summed E-state index contributed by atoms with van der Waals surface area (Å²) >= 11 is 0.